The Labute approximate surface area is 165 Å². The molecule has 0 aliphatic carbocycles. The Morgan fingerprint density at radius 2 is 2.07 bits per heavy atom. The number of fused-ring (bicyclic) bond motifs is 5. The summed E-state index contributed by atoms with van der Waals surface area (Å²) >= 11 is 0. The van der Waals surface area contributed by atoms with Crippen LogP contribution in [0.15, 0.2) is 29.1 Å². The average Bonchev–Trinajstić information content (AvgIpc) is 3.04. The van der Waals surface area contributed by atoms with Gasteiger partial charge in [0.25, 0.3) is 5.56 Å². The Balaban J connectivity index is 1.73. The maximum Gasteiger partial charge on any atom is 0.340 e. The van der Waals surface area contributed by atoms with Crippen molar-refractivity contribution in [3.8, 4) is 17.1 Å². The number of ether oxygens (including phenoxy) is 1. The molecule has 2 aliphatic rings. The first kappa shape index (κ1) is 17.8. The topological polar surface area (TPSA) is 105 Å². The van der Waals surface area contributed by atoms with E-state index in [1.807, 2.05) is 25.1 Å². The number of aromatic nitrogens is 2. The van der Waals surface area contributed by atoms with E-state index >= 15 is 0 Å². The Morgan fingerprint density at radius 1 is 1.28 bits per heavy atom. The lowest BCUT2D eigenvalue weighted by molar-refractivity contribution is -0.157. The largest absolute Gasteiger partial charge is 0.508 e. The minimum Gasteiger partial charge on any atom is -0.508 e. The van der Waals surface area contributed by atoms with Gasteiger partial charge in [-0.2, -0.15) is 0 Å². The van der Waals surface area contributed by atoms with Crippen molar-refractivity contribution in [2.45, 2.75) is 25.8 Å². The van der Waals surface area contributed by atoms with Gasteiger partial charge in [-0.25, -0.2) is 9.78 Å². The van der Waals surface area contributed by atoms with Gasteiger partial charge in [0.1, 0.15) is 12.4 Å². The van der Waals surface area contributed by atoms with Crippen molar-refractivity contribution in [2.75, 3.05) is 14.1 Å². The number of carbonyl (C=O) groups excluding carboxylic acids is 1. The van der Waals surface area contributed by atoms with Gasteiger partial charge < -0.3 is 24.4 Å². The number of rotatable bonds is 2. The highest BCUT2D eigenvalue weighted by Gasteiger charge is 2.33. The Hall–Kier alpha value is -3.23. The summed E-state index contributed by atoms with van der Waals surface area (Å²) in [6.07, 6.45) is -1.47. The maximum absolute atomic E-state index is 13.0. The minimum atomic E-state index is -1.47. The molecule has 2 N–H and O–H groups in total. The van der Waals surface area contributed by atoms with Crippen LogP contribution in [0.25, 0.3) is 22.3 Å². The molecule has 1 atom stereocenters. The number of phenolic OH excluding ortho intramolecular Hbond substituents is 1. The molecule has 4 heterocycles. The fraction of sp³-hybridized carbons (Fsp3) is 0.286. The minimum absolute atomic E-state index is 0.142. The molecule has 0 bridgehead atoms. The van der Waals surface area contributed by atoms with E-state index in [0.29, 0.717) is 35.6 Å². The van der Waals surface area contributed by atoms with E-state index in [2.05, 4.69) is 0 Å². The highest BCUT2D eigenvalue weighted by atomic mass is 16.5. The third-order valence-electron chi connectivity index (χ3n) is 5.52. The molecule has 0 fully saturated rings. The zero-order valence-electron chi connectivity index (χ0n) is 16.0. The molecule has 8 heteroatoms. The molecule has 3 aromatic rings. The van der Waals surface area contributed by atoms with Crippen molar-refractivity contribution >= 4 is 16.9 Å². The van der Waals surface area contributed by atoms with Crippen molar-refractivity contribution in [2.24, 2.45) is 0 Å². The number of benzene rings is 1. The lowest BCUT2D eigenvalue weighted by Crippen LogP contribution is -2.32. The molecule has 0 saturated heterocycles. The summed E-state index contributed by atoms with van der Waals surface area (Å²) in [6.45, 7) is 0.744. The van der Waals surface area contributed by atoms with E-state index in [-0.39, 0.29) is 23.5 Å². The van der Waals surface area contributed by atoms with Crippen LogP contribution in [0.2, 0.25) is 0 Å². The van der Waals surface area contributed by atoms with Crippen LogP contribution in [-0.4, -0.2) is 44.7 Å². The zero-order valence-corrected chi connectivity index (χ0v) is 16.0. The van der Waals surface area contributed by atoms with Crippen molar-refractivity contribution in [1.29, 1.82) is 0 Å². The van der Waals surface area contributed by atoms with E-state index in [4.69, 9.17) is 9.72 Å². The number of carbonyl (C=O) groups is 1. The van der Waals surface area contributed by atoms with Crippen LogP contribution in [0.3, 0.4) is 0 Å². The van der Waals surface area contributed by atoms with Crippen LogP contribution in [0.5, 0.6) is 5.75 Å². The molecule has 0 saturated carbocycles. The number of phenols is 1. The third-order valence-corrected chi connectivity index (χ3v) is 5.52. The number of hydrogen-bond acceptors (Lipinski definition) is 7. The molecule has 148 valence electrons. The smallest absolute Gasteiger partial charge is 0.340 e. The van der Waals surface area contributed by atoms with E-state index in [1.165, 1.54) is 0 Å². The third kappa shape index (κ3) is 2.56. The monoisotopic (exact) mass is 393 g/mol. The summed E-state index contributed by atoms with van der Waals surface area (Å²) in [5.41, 5.74) is 3.84. The van der Waals surface area contributed by atoms with Gasteiger partial charge in [0, 0.05) is 28.6 Å². The van der Waals surface area contributed by atoms with Crippen LogP contribution in [0.4, 0.5) is 0 Å². The first-order valence-electron chi connectivity index (χ1n) is 9.26. The van der Waals surface area contributed by atoms with Gasteiger partial charge in [-0.1, -0.05) is 0 Å². The molecule has 1 aromatic carbocycles. The van der Waals surface area contributed by atoms with Gasteiger partial charge in [0.2, 0.25) is 0 Å². The second kappa shape index (κ2) is 6.13. The molecule has 0 amide bonds. The molecule has 8 nitrogen and oxygen atoms in total. The van der Waals surface area contributed by atoms with Gasteiger partial charge >= 0.3 is 5.97 Å². The normalized spacial score (nSPS) is 17.2. The van der Waals surface area contributed by atoms with Crippen LogP contribution >= 0.6 is 0 Å². The van der Waals surface area contributed by atoms with E-state index < -0.39 is 12.1 Å². The Morgan fingerprint density at radius 3 is 2.83 bits per heavy atom. The molecule has 5 rings (SSSR count). The lowest BCUT2D eigenvalue weighted by atomic mass is 10.00. The summed E-state index contributed by atoms with van der Waals surface area (Å²) < 4.78 is 6.50. The lowest BCUT2D eigenvalue weighted by Gasteiger charge is -2.21. The molecule has 2 aliphatic heterocycles. The summed E-state index contributed by atoms with van der Waals surface area (Å²) in [4.78, 5) is 31.4. The predicted octanol–water partition coefficient (Wildman–Crippen LogP) is 1.28. The molecule has 29 heavy (non-hydrogen) atoms. The second-order valence-corrected chi connectivity index (χ2v) is 7.73. The van der Waals surface area contributed by atoms with Crippen molar-refractivity contribution in [3.05, 3.63) is 56.9 Å². The van der Waals surface area contributed by atoms with Gasteiger partial charge in [-0.15, -0.1) is 0 Å². The van der Waals surface area contributed by atoms with Gasteiger partial charge in [-0.05, 0) is 38.4 Å². The van der Waals surface area contributed by atoms with Gasteiger partial charge in [0.15, 0.2) is 6.10 Å². The highest BCUT2D eigenvalue weighted by Crippen LogP contribution is 2.37. The summed E-state index contributed by atoms with van der Waals surface area (Å²) in [5.74, 6) is -0.551. The zero-order chi connectivity index (χ0) is 20.4. The summed E-state index contributed by atoms with van der Waals surface area (Å²) in [5, 5.41) is 21.4. The summed E-state index contributed by atoms with van der Waals surface area (Å²) in [7, 11) is 3.85. The number of pyridine rings is 2. The van der Waals surface area contributed by atoms with Crippen molar-refractivity contribution in [1.82, 2.24) is 14.5 Å². The molecular weight excluding hydrogens is 374 g/mol. The number of nitrogens with zero attached hydrogens (tertiary/aromatic N) is 3. The SMILES string of the molecule is CN(C)Cc1c(O)ccc2nc3c(cc12)Cn1c-3cc2c(c1=O)COC(=O)[C@H]2O. The van der Waals surface area contributed by atoms with E-state index in [1.54, 1.807) is 22.8 Å². The molecule has 0 radical (unpaired) electrons. The maximum atomic E-state index is 13.0. The van der Waals surface area contributed by atoms with E-state index in [9.17, 15) is 19.8 Å². The van der Waals surface area contributed by atoms with Crippen LogP contribution in [0, 0.1) is 0 Å². The second-order valence-electron chi connectivity index (χ2n) is 7.73. The first-order valence-corrected chi connectivity index (χ1v) is 9.26. The standard InChI is InChI=1S/C21H19N3O5/c1-23(2)8-13-11-5-10-7-24-16(18(10)22-15(11)3-4-17(13)25)6-12-14(20(24)27)9-29-21(28)19(12)26/h3-6,19,25-26H,7-9H2,1-2H3/t19-/m0/s1. The fourth-order valence-corrected chi connectivity index (χ4v) is 4.13. The fourth-order valence-electron chi connectivity index (χ4n) is 4.13. The number of aliphatic hydroxyl groups excluding tert-OH is 1. The summed E-state index contributed by atoms with van der Waals surface area (Å²) in [6, 6.07) is 6.98. The first-order chi connectivity index (χ1) is 13.8. The number of aromatic hydroxyl groups is 1. The number of aliphatic hydroxyl groups is 1. The van der Waals surface area contributed by atoms with Crippen LogP contribution in [-0.2, 0) is 29.2 Å². The van der Waals surface area contributed by atoms with Gasteiger partial charge in [-0.3, -0.25) is 4.79 Å². The quantitative estimate of drug-likeness (QED) is 0.494. The van der Waals surface area contributed by atoms with Gasteiger partial charge in [0.05, 0.1) is 29.0 Å². The van der Waals surface area contributed by atoms with Crippen molar-refractivity contribution in [3.63, 3.8) is 0 Å². The molecule has 0 unspecified atom stereocenters. The molecule has 0 spiro atoms. The van der Waals surface area contributed by atoms with Crippen LogP contribution in [0.1, 0.15) is 28.4 Å². The molecular formula is C21H19N3O5. The Kier molecular flexibility index (Phi) is 3.77. The van der Waals surface area contributed by atoms with E-state index in [0.717, 1.165) is 16.5 Å². The number of hydrogen-bond donors (Lipinski definition) is 2. The van der Waals surface area contributed by atoms with Crippen LogP contribution < -0.4 is 5.56 Å². The average molecular weight is 393 g/mol. The van der Waals surface area contributed by atoms with Crippen molar-refractivity contribution < 1.29 is 19.7 Å². The number of cyclic esters (lactones) is 1. The highest BCUT2D eigenvalue weighted by molar-refractivity contribution is 5.88. The number of esters is 1. The Bertz CT molecular complexity index is 1260. The molecule has 2 aromatic heterocycles. The predicted molar refractivity (Wildman–Crippen MR) is 104 cm³/mol.